The summed E-state index contributed by atoms with van der Waals surface area (Å²) in [7, 11) is 0. The maximum atomic E-state index is 12.4. The third-order valence-corrected chi connectivity index (χ3v) is 7.46. The Bertz CT molecular complexity index is 600. The second kappa shape index (κ2) is 17.7. The molecule has 31 heavy (non-hydrogen) atoms. The monoisotopic (exact) mass is 497 g/mol. The van der Waals surface area contributed by atoms with E-state index in [4.69, 9.17) is 0 Å². The SMILES string of the molecule is CCCCCCCCCCCCCCCCCCNC(=O)C(C)n1nc(C)c(Br)c1C. The van der Waals surface area contributed by atoms with Crippen LogP contribution in [0.25, 0.3) is 0 Å². The van der Waals surface area contributed by atoms with Gasteiger partial charge in [-0.1, -0.05) is 103 Å². The summed E-state index contributed by atoms with van der Waals surface area (Å²) in [4.78, 5) is 12.4. The second-order valence-electron chi connectivity index (χ2n) is 9.20. The minimum absolute atomic E-state index is 0.0547. The van der Waals surface area contributed by atoms with E-state index in [2.05, 4.69) is 33.3 Å². The maximum Gasteiger partial charge on any atom is 0.244 e. The van der Waals surface area contributed by atoms with Crippen LogP contribution in [0.2, 0.25) is 0 Å². The lowest BCUT2D eigenvalue weighted by Gasteiger charge is -2.14. The largest absolute Gasteiger partial charge is 0.354 e. The highest BCUT2D eigenvalue weighted by molar-refractivity contribution is 9.10. The van der Waals surface area contributed by atoms with Gasteiger partial charge in [0, 0.05) is 6.54 Å². The molecular formula is C26H48BrN3O. The molecular weight excluding hydrogens is 450 g/mol. The van der Waals surface area contributed by atoms with Gasteiger partial charge in [0.1, 0.15) is 6.04 Å². The smallest absolute Gasteiger partial charge is 0.244 e. The molecule has 1 N–H and O–H groups in total. The fourth-order valence-corrected chi connectivity index (χ4v) is 4.42. The van der Waals surface area contributed by atoms with E-state index in [0.717, 1.165) is 28.8 Å². The predicted molar refractivity (Wildman–Crippen MR) is 137 cm³/mol. The molecule has 180 valence electrons. The lowest BCUT2D eigenvalue weighted by molar-refractivity contribution is -0.124. The van der Waals surface area contributed by atoms with Crippen LogP contribution in [0.4, 0.5) is 0 Å². The Morgan fingerprint density at radius 3 is 1.65 bits per heavy atom. The van der Waals surface area contributed by atoms with E-state index in [1.165, 1.54) is 96.3 Å². The number of hydrogen-bond donors (Lipinski definition) is 1. The van der Waals surface area contributed by atoms with Crippen molar-refractivity contribution in [3.05, 3.63) is 15.9 Å². The molecule has 0 aromatic carbocycles. The van der Waals surface area contributed by atoms with Crippen molar-refractivity contribution in [1.82, 2.24) is 15.1 Å². The molecule has 0 aliphatic heterocycles. The van der Waals surface area contributed by atoms with Crippen molar-refractivity contribution in [2.24, 2.45) is 0 Å². The van der Waals surface area contributed by atoms with Crippen molar-refractivity contribution >= 4 is 21.8 Å². The van der Waals surface area contributed by atoms with E-state index >= 15 is 0 Å². The number of nitrogens with zero attached hydrogens (tertiary/aromatic N) is 2. The predicted octanol–water partition coefficient (Wildman–Crippen LogP) is 8.20. The first-order valence-electron chi connectivity index (χ1n) is 13.0. The Kier molecular flexibility index (Phi) is 16.1. The van der Waals surface area contributed by atoms with E-state index in [1.807, 2.05) is 25.5 Å². The summed E-state index contributed by atoms with van der Waals surface area (Å²) in [6, 6.07) is -0.272. The van der Waals surface area contributed by atoms with Crippen LogP contribution in [0.1, 0.15) is 134 Å². The number of hydrogen-bond acceptors (Lipinski definition) is 2. The molecule has 5 heteroatoms. The van der Waals surface area contributed by atoms with Gasteiger partial charge in [0.25, 0.3) is 0 Å². The fourth-order valence-electron chi connectivity index (χ4n) is 4.16. The number of carbonyl (C=O) groups excluding carboxylic acids is 1. The molecule has 0 aliphatic carbocycles. The summed E-state index contributed by atoms with van der Waals surface area (Å²) in [5, 5.41) is 7.54. The van der Waals surface area contributed by atoms with Gasteiger partial charge in [0.15, 0.2) is 0 Å². The van der Waals surface area contributed by atoms with Crippen molar-refractivity contribution < 1.29 is 4.79 Å². The van der Waals surface area contributed by atoms with Gasteiger partial charge >= 0.3 is 0 Å². The molecule has 0 saturated carbocycles. The highest BCUT2D eigenvalue weighted by atomic mass is 79.9. The molecule has 0 saturated heterocycles. The van der Waals surface area contributed by atoms with Crippen LogP contribution in [-0.2, 0) is 4.79 Å². The minimum atomic E-state index is -0.272. The van der Waals surface area contributed by atoms with Crippen molar-refractivity contribution in [3.63, 3.8) is 0 Å². The average Bonchev–Trinajstić information content (AvgIpc) is 3.02. The van der Waals surface area contributed by atoms with Crippen molar-refractivity contribution in [1.29, 1.82) is 0 Å². The number of rotatable bonds is 19. The van der Waals surface area contributed by atoms with Gasteiger partial charge in [0.2, 0.25) is 5.91 Å². The zero-order chi connectivity index (χ0) is 22.9. The molecule has 1 rings (SSSR count). The van der Waals surface area contributed by atoms with Crippen LogP contribution in [0.5, 0.6) is 0 Å². The molecule has 0 fully saturated rings. The van der Waals surface area contributed by atoms with Crippen molar-refractivity contribution in [2.45, 2.75) is 136 Å². The third-order valence-electron chi connectivity index (χ3n) is 6.31. The summed E-state index contributed by atoms with van der Waals surface area (Å²) in [5.74, 6) is 0.0547. The van der Waals surface area contributed by atoms with E-state index in [0.29, 0.717) is 0 Å². The Balaban J connectivity index is 1.90. The van der Waals surface area contributed by atoms with E-state index < -0.39 is 0 Å². The molecule has 1 aromatic rings. The molecule has 4 nitrogen and oxygen atoms in total. The molecule has 0 aliphatic rings. The van der Waals surface area contributed by atoms with Crippen LogP contribution >= 0.6 is 15.9 Å². The van der Waals surface area contributed by atoms with Crippen LogP contribution in [-0.4, -0.2) is 22.2 Å². The number of carbonyl (C=O) groups is 1. The van der Waals surface area contributed by atoms with Crippen LogP contribution in [0.15, 0.2) is 4.47 Å². The Morgan fingerprint density at radius 2 is 1.26 bits per heavy atom. The van der Waals surface area contributed by atoms with Crippen molar-refractivity contribution in [2.75, 3.05) is 6.54 Å². The Hall–Kier alpha value is -0.840. The number of aromatic nitrogens is 2. The first-order valence-corrected chi connectivity index (χ1v) is 13.8. The van der Waals surface area contributed by atoms with E-state index in [-0.39, 0.29) is 11.9 Å². The van der Waals surface area contributed by atoms with Gasteiger partial charge in [-0.25, -0.2) is 0 Å². The molecule has 0 radical (unpaired) electrons. The fraction of sp³-hybridized carbons (Fsp3) is 0.846. The van der Waals surface area contributed by atoms with Gasteiger partial charge < -0.3 is 5.32 Å². The Morgan fingerprint density at radius 1 is 0.839 bits per heavy atom. The highest BCUT2D eigenvalue weighted by Gasteiger charge is 2.19. The number of amides is 1. The number of halogens is 1. The van der Waals surface area contributed by atoms with Crippen LogP contribution in [0.3, 0.4) is 0 Å². The molecule has 0 spiro atoms. The highest BCUT2D eigenvalue weighted by Crippen LogP contribution is 2.22. The number of nitrogens with one attached hydrogen (secondary N) is 1. The van der Waals surface area contributed by atoms with Gasteiger partial charge in [-0.3, -0.25) is 9.48 Å². The quantitative estimate of drug-likeness (QED) is 0.195. The zero-order valence-electron chi connectivity index (χ0n) is 20.8. The summed E-state index contributed by atoms with van der Waals surface area (Å²) in [6.07, 6.45) is 21.9. The van der Waals surface area contributed by atoms with E-state index in [1.54, 1.807) is 0 Å². The molecule has 1 aromatic heterocycles. The third kappa shape index (κ3) is 12.1. The topological polar surface area (TPSA) is 46.9 Å². The second-order valence-corrected chi connectivity index (χ2v) is 9.99. The molecule has 0 bridgehead atoms. The zero-order valence-corrected chi connectivity index (χ0v) is 22.4. The molecule has 1 heterocycles. The minimum Gasteiger partial charge on any atom is -0.354 e. The number of unbranched alkanes of at least 4 members (excludes halogenated alkanes) is 15. The maximum absolute atomic E-state index is 12.4. The van der Waals surface area contributed by atoms with E-state index in [9.17, 15) is 4.79 Å². The summed E-state index contributed by atoms with van der Waals surface area (Å²) < 4.78 is 2.80. The summed E-state index contributed by atoms with van der Waals surface area (Å²) >= 11 is 3.53. The van der Waals surface area contributed by atoms with Gasteiger partial charge in [-0.2, -0.15) is 5.10 Å². The first kappa shape index (κ1) is 28.2. The molecule has 1 unspecified atom stereocenters. The van der Waals surface area contributed by atoms with Crippen LogP contribution < -0.4 is 5.32 Å². The van der Waals surface area contributed by atoms with Gasteiger partial charge in [-0.05, 0) is 43.1 Å². The average molecular weight is 499 g/mol. The lowest BCUT2D eigenvalue weighted by Crippen LogP contribution is -2.32. The lowest BCUT2D eigenvalue weighted by atomic mass is 10.0. The molecule has 1 atom stereocenters. The molecule has 1 amide bonds. The normalized spacial score (nSPS) is 12.3. The van der Waals surface area contributed by atoms with Gasteiger partial charge in [-0.15, -0.1) is 0 Å². The Labute approximate surface area is 200 Å². The summed E-state index contributed by atoms with van der Waals surface area (Å²) in [6.45, 7) is 8.90. The number of aryl methyl sites for hydroxylation is 1. The summed E-state index contributed by atoms with van der Waals surface area (Å²) in [5.41, 5.74) is 1.93. The van der Waals surface area contributed by atoms with Crippen LogP contribution in [0, 0.1) is 13.8 Å². The van der Waals surface area contributed by atoms with Crippen molar-refractivity contribution in [3.8, 4) is 0 Å². The standard InChI is InChI=1S/C26H48BrN3O/c1-5-6-7-8-9-10-11-12-13-14-15-16-17-18-19-20-21-28-26(31)24(4)30-23(3)25(27)22(2)29-30/h24H,5-21H2,1-4H3,(H,28,31). The first-order chi connectivity index (χ1) is 15.0. The van der Waals surface area contributed by atoms with Gasteiger partial charge in [0.05, 0.1) is 15.9 Å².